The Morgan fingerprint density at radius 1 is 1.35 bits per heavy atom. The minimum Gasteiger partial charge on any atom is -0.458 e. The number of ether oxygens (including phenoxy) is 1. The summed E-state index contributed by atoms with van der Waals surface area (Å²) >= 11 is 1.57. The molecule has 2 heterocycles. The molecule has 0 N–H and O–H groups in total. The molecule has 1 aromatic carbocycles. The summed E-state index contributed by atoms with van der Waals surface area (Å²) in [4.78, 5) is 16.3. The van der Waals surface area contributed by atoms with Crippen molar-refractivity contribution in [2.24, 2.45) is 0 Å². The minimum absolute atomic E-state index is 0.174. The maximum Gasteiger partial charge on any atom is 0.331 e. The van der Waals surface area contributed by atoms with Crippen LogP contribution in [0.1, 0.15) is 28.1 Å². The Morgan fingerprint density at radius 2 is 2.12 bits per heavy atom. The molecule has 3 aromatic rings. The molecule has 0 bridgehead atoms. The van der Waals surface area contributed by atoms with E-state index >= 15 is 0 Å². The molecule has 0 aliphatic rings. The van der Waals surface area contributed by atoms with Crippen molar-refractivity contribution in [3.05, 3.63) is 76.1 Å². The van der Waals surface area contributed by atoms with E-state index in [1.807, 2.05) is 25.3 Å². The number of carbonyl (C=O) groups is 1. The Kier molecular flexibility index (Phi) is 5.30. The van der Waals surface area contributed by atoms with Gasteiger partial charge in [0.25, 0.3) is 0 Å². The van der Waals surface area contributed by atoms with Crippen LogP contribution in [-0.2, 0) is 16.1 Å². The molecule has 0 aliphatic heterocycles. The highest BCUT2D eigenvalue weighted by atomic mass is 32.1. The summed E-state index contributed by atoms with van der Waals surface area (Å²) in [5.41, 5.74) is 4.45. The van der Waals surface area contributed by atoms with E-state index < -0.39 is 5.97 Å². The number of carbonyl (C=O) groups excluding carboxylic acids is 1. The Bertz CT molecular complexity index is 977. The highest BCUT2D eigenvalue weighted by Crippen LogP contribution is 2.23. The molecule has 6 heteroatoms. The molecule has 0 saturated carbocycles. The number of rotatable bonds is 5. The Labute approximate surface area is 155 Å². The number of hydrogen-bond acceptors (Lipinski definition) is 5. The van der Waals surface area contributed by atoms with Crippen LogP contribution < -0.4 is 0 Å². The van der Waals surface area contributed by atoms with E-state index in [4.69, 9.17) is 10.00 Å². The number of aromatic nitrogens is 2. The third kappa shape index (κ3) is 3.90. The second-order valence-corrected chi connectivity index (χ2v) is 6.60. The number of nitriles is 1. The molecule has 0 spiro atoms. The van der Waals surface area contributed by atoms with Gasteiger partial charge in [-0.25, -0.2) is 9.78 Å². The maximum atomic E-state index is 12.0. The number of hydrogen-bond donors (Lipinski definition) is 0. The molecule has 0 aliphatic carbocycles. The van der Waals surface area contributed by atoms with Crippen molar-refractivity contribution in [2.75, 3.05) is 0 Å². The van der Waals surface area contributed by atoms with Crippen molar-refractivity contribution >= 4 is 23.4 Å². The summed E-state index contributed by atoms with van der Waals surface area (Å²) in [6, 6.07) is 11.0. The third-order valence-corrected chi connectivity index (χ3v) is 4.70. The Morgan fingerprint density at radius 3 is 2.77 bits per heavy atom. The topological polar surface area (TPSA) is 67.9 Å². The van der Waals surface area contributed by atoms with Crippen molar-refractivity contribution in [1.29, 1.82) is 5.26 Å². The van der Waals surface area contributed by atoms with Crippen molar-refractivity contribution < 1.29 is 9.53 Å². The molecule has 0 amide bonds. The normalized spacial score (nSPS) is 10.8. The fourth-order valence-corrected chi connectivity index (χ4v) is 3.36. The number of esters is 1. The van der Waals surface area contributed by atoms with Crippen LogP contribution in [0.2, 0.25) is 0 Å². The standard InChI is InChI=1S/C20H17N3O2S/c1-14-11-18(15(2)23(14)20-22-9-10-26-20)7-8-19(24)25-13-17-5-3-16(12-21)4-6-17/h3-11H,13H2,1-2H3/b8-7+. The largest absolute Gasteiger partial charge is 0.458 e. The van der Waals surface area contributed by atoms with Crippen LogP contribution in [0.5, 0.6) is 0 Å². The SMILES string of the molecule is Cc1cc(/C=C/C(=O)OCc2ccc(C#N)cc2)c(C)n1-c1nccs1. The average Bonchev–Trinajstić information content (AvgIpc) is 3.26. The van der Waals surface area contributed by atoms with E-state index in [2.05, 4.69) is 15.6 Å². The number of nitrogens with zero attached hydrogens (tertiary/aromatic N) is 3. The molecule has 0 fully saturated rings. The maximum absolute atomic E-state index is 12.0. The molecule has 0 radical (unpaired) electrons. The van der Waals surface area contributed by atoms with Gasteiger partial charge >= 0.3 is 5.97 Å². The van der Waals surface area contributed by atoms with Crippen LogP contribution in [-0.4, -0.2) is 15.5 Å². The number of benzene rings is 1. The number of aryl methyl sites for hydroxylation is 1. The monoisotopic (exact) mass is 363 g/mol. The van der Waals surface area contributed by atoms with Gasteiger partial charge in [-0.1, -0.05) is 12.1 Å². The molecule has 130 valence electrons. The van der Waals surface area contributed by atoms with Gasteiger partial charge in [0.15, 0.2) is 5.13 Å². The fourth-order valence-electron chi connectivity index (χ4n) is 2.61. The summed E-state index contributed by atoms with van der Waals surface area (Å²) in [5.74, 6) is -0.409. The van der Waals surface area contributed by atoms with Crippen LogP contribution in [0.25, 0.3) is 11.2 Å². The van der Waals surface area contributed by atoms with Crippen LogP contribution >= 0.6 is 11.3 Å². The number of thiazole rings is 1. The van der Waals surface area contributed by atoms with E-state index in [0.717, 1.165) is 27.6 Å². The smallest absolute Gasteiger partial charge is 0.331 e. The van der Waals surface area contributed by atoms with Crippen LogP contribution in [0.4, 0.5) is 0 Å². The second-order valence-electron chi connectivity index (χ2n) is 5.73. The van der Waals surface area contributed by atoms with E-state index in [1.54, 1.807) is 47.9 Å². The second kappa shape index (κ2) is 7.81. The van der Waals surface area contributed by atoms with E-state index in [1.165, 1.54) is 6.08 Å². The van der Waals surface area contributed by atoms with Gasteiger partial charge in [0.2, 0.25) is 0 Å². The van der Waals surface area contributed by atoms with Crippen molar-refractivity contribution in [3.63, 3.8) is 0 Å². The van der Waals surface area contributed by atoms with Gasteiger partial charge in [0.1, 0.15) is 6.61 Å². The lowest BCUT2D eigenvalue weighted by atomic mass is 10.2. The molecule has 0 saturated heterocycles. The first-order chi connectivity index (χ1) is 12.6. The highest BCUT2D eigenvalue weighted by molar-refractivity contribution is 7.12. The molecule has 2 aromatic heterocycles. The highest BCUT2D eigenvalue weighted by Gasteiger charge is 2.11. The molecule has 3 rings (SSSR count). The lowest BCUT2D eigenvalue weighted by Gasteiger charge is -2.04. The van der Waals surface area contributed by atoms with Crippen LogP contribution in [0.15, 0.2) is 48.0 Å². The molecule has 5 nitrogen and oxygen atoms in total. The van der Waals surface area contributed by atoms with Gasteiger partial charge in [-0.15, -0.1) is 11.3 Å². The first kappa shape index (κ1) is 17.6. The zero-order chi connectivity index (χ0) is 18.5. The third-order valence-electron chi connectivity index (χ3n) is 3.94. The van der Waals surface area contributed by atoms with Crippen molar-refractivity contribution in [3.8, 4) is 11.2 Å². The summed E-state index contributed by atoms with van der Waals surface area (Å²) in [6.07, 6.45) is 4.96. The molecular weight excluding hydrogens is 346 g/mol. The van der Waals surface area contributed by atoms with Gasteiger partial charge in [-0.2, -0.15) is 5.26 Å². The predicted molar refractivity (Wildman–Crippen MR) is 101 cm³/mol. The summed E-state index contributed by atoms with van der Waals surface area (Å²) in [7, 11) is 0. The van der Waals surface area contributed by atoms with E-state index in [-0.39, 0.29) is 6.61 Å². The molecular formula is C20H17N3O2S. The zero-order valence-corrected chi connectivity index (χ0v) is 15.3. The lowest BCUT2D eigenvalue weighted by molar-refractivity contribution is -0.138. The van der Waals surface area contributed by atoms with E-state index in [0.29, 0.717) is 5.56 Å². The lowest BCUT2D eigenvalue weighted by Crippen LogP contribution is -2.01. The van der Waals surface area contributed by atoms with Gasteiger partial charge < -0.3 is 4.74 Å². The quantitative estimate of drug-likeness (QED) is 0.504. The predicted octanol–water partition coefficient (Wildman–Crippen LogP) is 4.18. The van der Waals surface area contributed by atoms with Crippen molar-refractivity contribution in [1.82, 2.24) is 9.55 Å². The summed E-state index contributed by atoms with van der Waals surface area (Å²) in [6.45, 7) is 4.18. The van der Waals surface area contributed by atoms with Crippen LogP contribution in [0.3, 0.4) is 0 Å². The molecule has 0 atom stereocenters. The Balaban J connectivity index is 1.65. The van der Waals surface area contributed by atoms with Gasteiger partial charge in [0.05, 0.1) is 11.6 Å². The Hall–Kier alpha value is -3.17. The first-order valence-corrected chi connectivity index (χ1v) is 8.89. The fraction of sp³-hybridized carbons (Fsp3) is 0.150. The van der Waals surface area contributed by atoms with Crippen molar-refractivity contribution in [2.45, 2.75) is 20.5 Å². The van der Waals surface area contributed by atoms with Crippen LogP contribution in [0, 0.1) is 25.2 Å². The van der Waals surface area contributed by atoms with E-state index in [9.17, 15) is 4.79 Å². The summed E-state index contributed by atoms with van der Waals surface area (Å²) < 4.78 is 7.31. The van der Waals surface area contributed by atoms with Gasteiger partial charge in [0, 0.05) is 29.0 Å². The minimum atomic E-state index is -0.409. The van der Waals surface area contributed by atoms with Gasteiger partial charge in [-0.3, -0.25) is 4.57 Å². The first-order valence-electron chi connectivity index (χ1n) is 8.01. The zero-order valence-electron chi connectivity index (χ0n) is 14.5. The summed E-state index contributed by atoms with van der Waals surface area (Å²) in [5, 5.41) is 11.6. The average molecular weight is 363 g/mol. The van der Waals surface area contributed by atoms with Gasteiger partial charge in [-0.05, 0) is 49.2 Å². The molecule has 0 unspecified atom stereocenters. The molecule has 26 heavy (non-hydrogen) atoms.